The number of hydrogen-bond acceptors (Lipinski definition) is 4. The molecule has 0 aliphatic carbocycles. The average molecular weight is 288 g/mol. The molecule has 0 radical (unpaired) electrons. The molecule has 2 aromatic rings. The van der Waals surface area contributed by atoms with Gasteiger partial charge >= 0.3 is 0 Å². The lowest BCUT2D eigenvalue weighted by molar-refractivity contribution is 0.547. The van der Waals surface area contributed by atoms with Crippen molar-refractivity contribution >= 4 is 17.3 Å². The molecule has 2 N–H and O–H groups in total. The SMILES string of the molecule is CCNc1cc(Nc2ccccc2F)nc(C(C)(C)C)n1. The molecule has 0 atom stereocenters. The lowest BCUT2D eigenvalue weighted by Gasteiger charge is -2.19. The highest BCUT2D eigenvalue weighted by molar-refractivity contribution is 5.59. The maximum atomic E-state index is 13.7. The minimum Gasteiger partial charge on any atom is -0.370 e. The molecular formula is C16H21FN4. The van der Waals surface area contributed by atoms with Crippen LogP contribution in [0.5, 0.6) is 0 Å². The number of benzene rings is 1. The molecular weight excluding hydrogens is 267 g/mol. The Labute approximate surface area is 124 Å². The topological polar surface area (TPSA) is 49.8 Å². The molecule has 0 bridgehead atoms. The van der Waals surface area contributed by atoms with Crippen LogP contribution in [-0.4, -0.2) is 16.5 Å². The van der Waals surface area contributed by atoms with Crippen LogP contribution in [0, 0.1) is 5.82 Å². The van der Waals surface area contributed by atoms with Crippen LogP contribution >= 0.6 is 0 Å². The van der Waals surface area contributed by atoms with Gasteiger partial charge in [0.05, 0.1) is 5.69 Å². The molecule has 5 heteroatoms. The fourth-order valence-corrected chi connectivity index (χ4v) is 1.82. The minimum absolute atomic E-state index is 0.183. The molecule has 0 fully saturated rings. The summed E-state index contributed by atoms with van der Waals surface area (Å²) < 4.78 is 13.7. The van der Waals surface area contributed by atoms with Crippen molar-refractivity contribution in [2.75, 3.05) is 17.2 Å². The summed E-state index contributed by atoms with van der Waals surface area (Å²) in [7, 11) is 0. The average Bonchev–Trinajstić information content (AvgIpc) is 2.41. The molecule has 0 aliphatic heterocycles. The van der Waals surface area contributed by atoms with Crippen LogP contribution in [0.15, 0.2) is 30.3 Å². The molecule has 2 rings (SSSR count). The minimum atomic E-state index is -0.307. The molecule has 1 aromatic heterocycles. The van der Waals surface area contributed by atoms with Crippen molar-refractivity contribution in [1.82, 2.24) is 9.97 Å². The van der Waals surface area contributed by atoms with E-state index in [1.165, 1.54) is 6.07 Å². The first-order valence-corrected chi connectivity index (χ1v) is 7.05. The van der Waals surface area contributed by atoms with Crippen LogP contribution in [0.1, 0.15) is 33.5 Å². The summed E-state index contributed by atoms with van der Waals surface area (Å²) >= 11 is 0. The van der Waals surface area contributed by atoms with Gasteiger partial charge in [0.15, 0.2) is 0 Å². The van der Waals surface area contributed by atoms with Crippen LogP contribution in [-0.2, 0) is 5.41 Å². The maximum absolute atomic E-state index is 13.7. The molecule has 0 saturated heterocycles. The Kier molecular flexibility index (Phi) is 4.40. The molecule has 4 nitrogen and oxygen atoms in total. The summed E-state index contributed by atoms with van der Waals surface area (Å²) in [5.41, 5.74) is 0.218. The predicted molar refractivity (Wildman–Crippen MR) is 84.6 cm³/mol. The zero-order valence-electron chi connectivity index (χ0n) is 12.9. The van der Waals surface area contributed by atoms with Gasteiger partial charge in [0.1, 0.15) is 23.3 Å². The van der Waals surface area contributed by atoms with Crippen molar-refractivity contribution < 1.29 is 4.39 Å². The van der Waals surface area contributed by atoms with Crippen molar-refractivity contribution in [1.29, 1.82) is 0 Å². The van der Waals surface area contributed by atoms with E-state index in [1.54, 1.807) is 24.3 Å². The quantitative estimate of drug-likeness (QED) is 0.889. The van der Waals surface area contributed by atoms with Gasteiger partial charge in [-0.25, -0.2) is 14.4 Å². The van der Waals surface area contributed by atoms with E-state index < -0.39 is 0 Å². The Morgan fingerprint density at radius 1 is 1.10 bits per heavy atom. The second-order valence-corrected chi connectivity index (χ2v) is 5.85. The van der Waals surface area contributed by atoms with E-state index in [1.807, 2.05) is 27.7 Å². The Hall–Kier alpha value is -2.17. The molecule has 0 aliphatic rings. The third-order valence-corrected chi connectivity index (χ3v) is 2.89. The van der Waals surface area contributed by atoms with E-state index in [9.17, 15) is 4.39 Å². The summed E-state index contributed by atoms with van der Waals surface area (Å²) in [4.78, 5) is 9.00. The van der Waals surface area contributed by atoms with Gasteiger partial charge in [-0.1, -0.05) is 32.9 Å². The highest BCUT2D eigenvalue weighted by Gasteiger charge is 2.19. The van der Waals surface area contributed by atoms with Gasteiger partial charge in [0.2, 0.25) is 0 Å². The van der Waals surface area contributed by atoms with Gasteiger partial charge < -0.3 is 10.6 Å². The molecule has 21 heavy (non-hydrogen) atoms. The largest absolute Gasteiger partial charge is 0.370 e. The summed E-state index contributed by atoms with van der Waals surface area (Å²) in [6.07, 6.45) is 0. The highest BCUT2D eigenvalue weighted by atomic mass is 19.1. The Morgan fingerprint density at radius 2 is 1.76 bits per heavy atom. The second-order valence-electron chi connectivity index (χ2n) is 5.85. The maximum Gasteiger partial charge on any atom is 0.146 e. The standard InChI is InChI=1S/C16H21FN4/c1-5-18-13-10-14(21-15(20-13)16(2,3)4)19-12-9-7-6-8-11(12)17/h6-10H,5H2,1-4H3,(H2,18,19,20,21). The van der Waals surface area contributed by atoms with Crippen LogP contribution in [0.2, 0.25) is 0 Å². The van der Waals surface area contributed by atoms with Crippen molar-refractivity contribution in [3.05, 3.63) is 42.0 Å². The van der Waals surface area contributed by atoms with Crippen molar-refractivity contribution in [2.45, 2.75) is 33.1 Å². The van der Waals surface area contributed by atoms with Crippen LogP contribution in [0.3, 0.4) is 0 Å². The third kappa shape index (κ3) is 3.90. The van der Waals surface area contributed by atoms with Crippen molar-refractivity contribution in [3.63, 3.8) is 0 Å². The highest BCUT2D eigenvalue weighted by Crippen LogP contribution is 2.25. The molecule has 0 unspecified atom stereocenters. The number of halogens is 1. The molecule has 0 saturated carbocycles. The normalized spacial score (nSPS) is 11.3. The first kappa shape index (κ1) is 15.2. The van der Waals surface area contributed by atoms with E-state index in [0.29, 0.717) is 17.3 Å². The lowest BCUT2D eigenvalue weighted by Crippen LogP contribution is -2.18. The van der Waals surface area contributed by atoms with Gasteiger partial charge in [0, 0.05) is 18.0 Å². The molecule has 1 aromatic carbocycles. The van der Waals surface area contributed by atoms with E-state index in [0.717, 1.165) is 12.4 Å². The summed E-state index contributed by atoms with van der Waals surface area (Å²) in [5, 5.41) is 6.19. The fraction of sp³-hybridized carbons (Fsp3) is 0.375. The summed E-state index contributed by atoms with van der Waals surface area (Å²) in [6.45, 7) is 8.91. The number of nitrogens with zero attached hydrogens (tertiary/aromatic N) is 2. The zero-order chi connectivity index (χ0) is 15.5. The Balaban J connectivity index is 2.38. The monoisotopic (exact) mass is 288 g/mol. The number of para-hydroxylation sites is 1. The predicted octanol–water partition coefficient (Wildman–Crippen LogP) is 4.09. The van der Waals surface area contributed by atoms with Crippen LogP contribution < -0.4 is 10.6 Å². The zero-order valence-corrected chi connectivity index (χ0v) is 12.9. The van der Waals surface area contributed by atoms with Crippen molar-refractivity contribution in [3.8, 4) is 0 Å². The molecule has 112 valence electrons. The number of rotatable bonds is 4. The van der Waals surface area contributed by atoms with E-state index in [2.05, 4.69) is 20.6 Å². The van der Waals surface area contributed by atoms with Gasteiger partial charge in [0.25, 0.3) is 0 Å². The van der Waals surface area contributed by atoms with Crippen LogP contribution in [0.4, 0.5) is 21.7 Å². The van der Waals surface area contributed by atoms with Crippen molar-refractivity contribution in [2.24, 2.45) is 0 Å². The van der Waals surface area contributed by atoms with Gasteiger partial charge in [-0.3, -0.25) is 0 Å². The van der Waals surface area contributed by atoms with E-state index in [4.69, 9.17) is 0 Å². The molecule has 1 heterocycles. The molecule has 0 spiro atoms. The second kappa shape index (κ2) is 6.08. The number of aromatic nitrogens is 2. The van der Waals surface area contributed by atoms with Gasteiger partial charge in [-0.05, 0) is 19.1 Å². The van der Waals surface area contributed by atoms with Gasteiger partial charge in [-0.15, -0.1) is 0 Å². The Morgan fingerprint density at radius 3 is 2.38 bits per heavy atom. The van der Waals surface area contributed by atoms with E-state index >= 15 is 0 Å². The molecule has 0 amide bonds. The Bertz CT molecular complexity index is 620. The smallest absolute Gasteiger partial charge is 0.146 e. The number of hydrogen-bond donors (Lipinski definition) is 2. The van der Waals surface area contributed by atoms with Crippen LogP contribution in [0.25, 0.3) is 0 Å². The summed E-state index contributed by atoms with van der Waals surface area (Å²) in [6, 6.07) is 8.32. The number of nitrogens with one attached hydrogen (secondary N) is 2. The lowest BCUT2D eigenvalue weighted by atomic mass is 9.96. The summed E-state index contributed by atoms with van der Waals surface area (Å²) in [5.74, 6) is 1.71. The first-order chi connectivity index (χ1) is 9.90. The van der Waals surface area contributed by atoms with Gasteiger partial charge in [-0.2, -0.15) is 0 Å². The number of anilines is 3. The van der Waals surface area contributed by atoms with E-state index in [-0.39, 0.29) is 11.2 Å². The first-order valence-electron chi connectivity index (χ1n) is 7.05. The third-order valence-electron chi connectivity index (χ3n) is 2.89. The fourth-order valence-electron chi connectivity index (χ4n) is 1.82.